The third-order valence-electron chi connectivity index (χ3n) is 11.1. The molecule has 0 unspecified atom stereocenters. The summed E-state index contributed by atoms with van der Waals surface area (Å²) in [5, 5.41) is 5.01. The van der Waals surface area contributed by atoms with Gasteiger partial charge in [-0.25, -0.2) is 13.2 Å². The number of likely N-dealkylation sites (N-methyl/N-ethyl adjacent to an activating group) is 1. The van der Waals surface area contributed by atoms with Crippen LogP contribution < -0.4 is 15.0 Å². The highest BCUT2D eigenvalue weighted by atomic mass is 19.1. The molecule has 0 radical (unpaired) electrons. The molecule has 1 N–H and O–H groups in total. The number of aromatic nitrogens is 3. The molecule has 4 aliphatic heterocycles. The van der Waals surface area contributed by atoms with Crippen LogP contribution in [-0.4, -0.2) is 101 Å². The van der Waals surface area contributed by atoms with Crippen LogP contribution in [0.3, 0.4) is 0 Å². The maximum Gasteiger partial charge on any atom is 0.319 e. The lowest BCUT2D eigenvalue weighted by atomic mass is 9.95. The van der Waals surface area contributed by atoms with Crippen molar-refractivity contribution in [3.05, 3.63) is 65.9 Å². The number of likely N-dealkylation sites (tertiary alicyclic amines) is 1. The number of nitrogens with zero attached hydrogens (tertiary/aromatic N) is 6. The molecule has 2 aromatic carbocycles. The molecule has 4 aromatic rings. The predicted molar refractivity (Wildman–Crippen MR) is 182 cm³/mol. The molecule has 9 nitrogen and oxygen atoms in total. The van der Waals surface area contributed by atoms with Crippen molar-refractivity contribution < 1.29 is 22.7 Å². The van der Waals surface area contributed by atoms with E-state index in [1.807, 2.05) is 29.0 Å². The van der Waals surface area contributed by atoms with Crippen LogP contribution in [0.25, 0.3) is 32.9 Å². The van der Waals surface area contributed by atoms with Crippen LogP contribution in [0.5, 0.6) is 6.01 Å². The lowest BCUT2D eigenvalue weighted by Gasteiger charge is -2.31. The fraction of sp³-hybridized carbons (Fsp3) is 0.459. The Labute approximate surface area is 283 Å². The van der Waals surface area contributed by atoms with Gasteiger partial charge in [0, 0.05) is 63.0 Å². The van der Waals surface area contributed by atoms with Gasteiger partial charge in [-0.05, 0) is 68.1 Å². The molecule has 49 heavy (non-hydrogen) atoms. The molecule has 4 saturated heterocycles. The Morgan fingerprint density at radius 2 is 2.02 bits per heavy atom. The smallest absolute Gasteiger partial charge is 0.319 e. The number of carbonyl (C=O) groups excluding carboxylic acids is 1. The minimum atomic E-state index is -0.920. The van der Waals surface area contributed by atoms with Crippen LogP contribution in [-0.2, 0) is 4.79 Å². The Morgan fingerprint density at radius 1 is 1.16 bits per heavy atom. The molecule has 6 heterocycles. The Kier molecular flexibility index (Phi) is 8.18. The maximum absolute atomic E-state index is 16.8. The average Bonchev–Trinajstić information content (AvgIpc) is 3.79. The molecule has 0 bridgehead atoms. The lowest BCUT2D eigenvalue weighted by Crippen LogP contribution is -2.43. The maximum atomic E-state index is 16.8. The van der Waals surface area contributed by atoms with Gasteiger partial charge in [0.15, 0.2) is 5.82 Å². The number of benzene rings is 2. The summed E-state index contributed by atoms with van der Waals surface area (Å²) >= 11 is 0. The van der Waals surface area contributed by atoms with E-state index in [4.69, 9.17) is 9.72 Å². The van der Waals surface area contributed by atoms with Gasteiger partial charge in [-0.1, -0.05) is 30.3 Å². The number of anilines is 1. The van der Waals surface area contributed by atoms with Crippen molar-refractivity contribution in [1.29, 1.82) is 0 Å². The molecule has 4 atom stereocenters. The summed E-state index contributed by atoms with van der Waals surface area (Å²) in [5.41, 5.74) is 0.502. The number of halogens is 3. The number of fused-ring (bicyclic) bond motifs is 3. The molecule has 0 spiro atoms. The van der Waals surface area contributed by atoms with E-state index >= 15 is 4.39 Å². The summed E-state index contributed by atoms with van der Waals surface area (Å²) in [5.74, 6) is -0.658. The van der Waals surface area contributed by atoms with E-state index in [-0.39, 0.29) is 47.6 Å². The van der Waals surface area contributed by atoms with E-state index in [0.717, 1.165) is 37.7 Å². The van der Waals surface area contributed by atoms with E-state index < -0.39 is 17.5 Å². The summed E-state index contributed by atoms with van der Waals surface area (Å²) in [6.45, 7) is 5.08. The standard InChI is InChI=1S/C37H40F3N7O2/c1-22-29(39)9-7-23-5-3-6-27(31(22)23)33-32(40)34-28(18-42-33)35(44-36(43-34)49-21-37-13-4-15-47(37)19-24(38)17-37)45(2)26-12-16-46(20-26)30(48)10-8-25-11-14-41-25/h3,5-10,18,24-26,41H,4,11-17,19-21H2,1-2H3/b10-8+/t24-,25+,26-,37+/m1/s1. The summed E-state index contributed by atoms with van der Waals surface area (Å²) < 4.78 is 52.4. The van der Waals surface area contributed by atoms with E-state index in [1.54, 1.807) is 37.4 Å². The first kappa shape index (κ1) is 31.9. The Morgan fingerprint density at radius 3 is 2.84 bits per heavy atom. The van der Waals surface area contributed by atoms with Crippen molar-refractivity contribution in [1.82, 2.24) is 30.1 Å². The van der Waals surface area contributed by atoms with Gasteiger partial charge >= 0.3 is 6.01 Å². The first-order valence-electron chi connectivity index (χ1n) is 17.2. The fourth-order valence-corrected chi connectivity index (χ4v) is 8.13. The number of amides is 1. The molecule has 0 saturated carbocycles. The SMILES string of the molecule is Cc1c(F)ccc2cccc(-c3ncc4c(N(C)[C@@H]5CCN(C(=O)/C=C/[C@H]6CCN6)C5)nc(OC[C@@]56CCCN5C[C@H](F)C6)nc4c3F)c12. The van der Waals surface area contributed by atoms with Crippen molar-refractivity contribution in [3.8, 4) is 17.3 Å². The molecule has 4 aliphatic rings. The third kappa shape index (κ3) is 5.68. The highest BCUT2D eigenvalue weighted by Gasteiger charge is 2.49. The summed E-state index contributed by atoms with van der Waals surface area (Å²) in [4.78, 5) is 32.9. The van der Waals surface area contributed by atoms with Crippen LogP contribution in [0, 0.1) is 18.6 Å². The first-order chi connectivity index (χ1) is 23.7. The number of pyridine rings is 1. The monoisotopic (exact) mass is 671 g/mol. The van der Waals surface area contributed by atoms with Crippen LogP contribution >= 0.6 is 0 Å². The number of carbonyl (C=O) groups is 1. The highest BCUT2D eigenvalue weighted by Crippen LogP contribution is 2.41. The van der Waals surface area contributed by atoms with Crippen molar-refractivity contribution in [2.24, 2.45) is 0 Å². The summed E-state index contributed by atoms with van der Waals surface area (Å²) in [7, 11) is 1.88. The normalized spacial score (nSPS) is 25.4. The topological polar surface area (TPSA) is 86.7 Å². The van der Waals surface area contributed by atoms with Gasteiger partial charge in [-0.2, -0.15) is 9.97 Å². The van der Waals surface area contributed by atoms with Crippen LogP contribution in [0.15, 0.2) is 48.7 Å². The number of hydrogen-bond acceptors (Lipinski definition) is 8. The van der Waals surface area contributed by atoms with E-state index in [2.05, 4.69) is 20.2 Å². The molecule has 256 valence electrons. The molecule has 12 heteroatoms. The zero-order chi connectivity index (χ0) is 33.9. The van der Waals surface area contributed by atoms with Gasteiger partial charge in [-0.3, -0.25) is 14.7 Å². The van der Waals surface area contributed by atoms with Gasteiger partial charge in [0.1, 0.15) is 35.6 Å². The average molecular weight is 672 g/mol. The van der Waals surface area contributed by atoms with Gasteiger partial charge in [-0.15, -0.1) is 0 Å². The summed E-state index contributed by atoms with van der Waals surface area (Å²) in [6.07, 6.45) is 8.07. The lowest BCUT2D eigenvalue weighted by molar-refractivity contribution is -0.125. The highest BCUT2D eigenvalue weighted by molar-refractivity contribution is 6.00. The number of hydrogen-bond donors (Lipinski definition) is 1. The van der Waals surface area contributed by atoms with Gasteiger partial charge < -0.3 is 19.9 Å². The minimum absolute atomic E-state index is 0.00376. The minimum Gasteiger partial charge on any atom is -0.461 e. The van der Waals surface area contributed by atoms with Crippen LogP contribution in [0.4, 0.5) is 19.0 Å². The van der Waals surface area contributed by atoms with Gasteiger partial charge in [0.05, 0.1) is 10.9 Å². The largest absolute Gasteiger partial charge is 0.461 e. The zero-order valence-corrected chi connectivity index (χ0v) is 27.8. The predicted octanol–water partition coefficient (Wildman–Crippen LogP) is 5.34. The molecule has 4 fully saturated rings. The number of nitrogens with one attached hydrogen (secondary N) is 1. The van der Waals surface area contributed by atoms with Crippen LogP contribution in [0.2, 0.25) is 0 Å². The number of rotatable bonds is 8. The molecule has 0 aliphatic carbocycles. The van der Waals surface area contributed by atoms with E-state index in [9.17, 15) is 13.6 Å². The first-order valence-corrected chi connectivity index (χ1v) is 17.2. The number of alkyl halides is 1. The van der Waals surface area contributed by atoms with Crippen molar-refractivity contribution in [2.75, 3.05) is 51.3 Å². The van der Waals surface area contributed by atoms with Crippen molar-refractivity contribution in [3.63, 3.8) is 0 Å². The molecule has 2 aromatic heterocycles. The van der Waals surface area contributed by atoms with Gasteiger partial charge in [0.25, 0.3) is 0 Å². The Balaban J connectivity index is 1.17. The molecule has 1 amide bonds. The number of ether oxygens (including phenoxy) is 1. The second-order valence-electron chi connectivity index (χ2n) is 14.0. The molecular formula is C37H40F3N7O2. The van der Waals surface area contributed by atoms with E-state index in [1.165, 1.54) is 6.07 Å². The zero-order valence-electron chi connectivity index (χ0n) is 27.8. The van der Waals surface area contributed by atoms with Crippen molar-refractivity contribution >= 4 is 33.4 Å². The summed E-state index contributed by atoms with van der Waals surface area (Å²) in [6, 6.07) is 8.62. The quantitative estimate of drug-likeness (QED) is 0.252. The molecular weight excluding hydrogens is 631 g/mol. The fourth-order valence-electron chi connectivity index (χ4n) is 8.13. The third-order valence-corrected chi connectivity index (χ3v) is 11.1. The number of aryl methyl sites for hydroxylation is 1. The van der Waals surface area contributed by atoms with E-state index in [0.29, 0.717) is 60.2 Å². The van der Waals surface area contributed by atoms with Gasteiger partial charge in [0.2, 0.25) is 5.91 Å². The second-order valence-corrected chi connectivity index (χ2v) is 14.0. The molecule has 8 rings (SSSR count). The Bertz CT molecular complexity index is 1970. The van der Waals surface area contributed by atoms with Crippen LogP contribution in [0.1, 0.15) is 37.7 Å². The second kappa shape index (κ2) is 12.5. The van der Waals surface area contributed by atoms with Crippen molar-refractivity contribution in [2.45, 2.75) is 62.8 Å². The Hall–Kier alpha value is -4.29.